The van der Waals surface area contributed by atoms with Crippen LogP contribution in [0, 0.1) is 15.9 Å². The van der Waals surface area contributed by atoms with Crippen LogP contribution in [0.4, 0.5) is 4.39 Å². The summed E-state index contributed by atoms with van der Waals surface area (Å²) in [6.07, 6.45) is 0. The zero-order valence-corrected chi connectivity index (χ0v) is 13.9. The van der Waals surface area contributed by atoms with Gasteiger partial charge < -0.3 is 0 Å². The highest BCUT2D eigenvalue weighted by molar-refractivity contribution is 6.47. The first-order valence-corrected chi connectivity index (χ1v) is 7.75. The van der Waals surface area contributed by atoms with E-state index in [4.69, 9.17) is 23.2 Å². The number of hydrogen-bond donors (Lipinski definition) is 0. The molecule has 0 saturated carbocycles. The predicted octanol–water partition coefficient (Wildman–Crippen LogP) is 3.57. The molecule has 6 nitrogen and oxygen atoms in total. The number of halogens is 3. The van der Waals surface area contributed by atoms with Crippen molar-refractivity contribution in [1.29, 1.82) is 0 Å². The van der Waals surface area contributed by atoms with Gasteiger partial charge in [-0.1, -0.05) is 24.3 Å². The van der Waals surface area contributed by atoms with Gasteiger partial charge in [0.1, 0.15) is 5.82 Å². The van der Waals surface area contributed by atoms with Crippen molar-refractivity contribution >= 4 is 35.0 Å². The molecule has 0 aromatic heterocycles. The summed E-state index contributed by atoms with van der Waals surface area (Å²) >= 11 is 11.8. The quantitative estimate of drug-likeness (QED) is 0.266. The van der Waals surface area contributed by atoms with Crippen LogP contribution in [0.1, 0.15) is 32.3 Å². The highest BCUT2D eigenvalue weighted by Crippen LogP contribution is 2.44. The number of nitro groups is 1. The summed E-state index contributed by atoms with van der Waals surface area (Å²) in [5, 5.41) is 11.4. The Hall–Kier alpha value is -2.51. The first-order chi connectivity index (χ1) is 11.7. The van der Waals surface area contributed by atoms with E-state index in [1.54, 1.807) is 12.1 Å². The first kappa shape index (κ1) is 17.3. The van der Waals surface area contributed by atoms with E-state index < -0.39 is 33.1 Å². The van der Waals surface area contributed by atoms with E-state index in [9.17, 15) is 24.1 Å². The van der Waals surface area contributed by atoms with E-state index in [-0.39, 0.29) is 16.7 Å². The summed E-state index contributed by atoms with van der Waals surface area (Å²) in [6.45, 7) is 0. The Labute approximate surface area is 150 Å². The third-order valence-electron chi connectivity index (χ3n) is 3.82. The van der Waals surface area contributed by atoms with Crippen LogP contribution in [-0.2, 0) is 0 Å². The zero-order chi connectivity index (χ0) is 18.4. The topological polar surface area (TPSA) is 80.5 Å². The molecule has 1 atom stereocenters. The van der Waals surface area contributed by atoms with Crippen LogP contribution in [-0.4, -0.2) is 26.1 Å². The molecular weight excluding hydrogens is 374 g/mol. The fourth-order valence-corrected chi connectivity index (χ4v) is 3.17. The van der Waals surface area contributed by atoms with Gasteiger partial charge in [-0.15, -0.1) is 0 Å². The Morgan fingerprint density at radius 3 is 2.08 bits per heavy atom. The molecule has 0 spiro atoms. The second-order valence-electron chi connectivity index (χ2n) is 5.33. The maximum atomic E-state index is 13.6. The van der Waals surface area contributed by atoms with Crippen molar-refractivity contribution in [3.8, 4) is 0 Å². The van der Waals surface area contributed by atoms with Crippen molar-refractivity contribution in [2.24, 2.45) is 0 Å². The Morgan fingerprint density at radius 1 is 1.04 bits per heavy atom. The number of alkyl halides is 2. The van der Waals surface area contributed by atoms with E-state index >= 15 is 0 Å². The molecule has 2 aromatic rings. The average Bonchev–Trinajstić information content (AvgIpc) is 2.81. The lowest BCUT2D eigenvalue weighted by Crippen LogP contribution is -2.46. The molecule has 1 aliphatic heterocycles. The zero-order valence-electron chi connectivity index (χ0n) is 12.4. The van der Waals surface area contributed by atoms with Gasteiger partial charge in [0.05, 0.1) is 16.1 Å². The number of fused-ring (bicyclic) bond motifs is 1. The van der Waals surface area contributed by atoms with Crippen molar-refractivity contribution < 1.29 is 18.9 Å². The van der Waals surface area contributed by atoms with Crippen molar-refractivity contribution in [1.82, 2.24) is 4.90 Å². The molecule has 9 heteroatoms. The number of carbonyl (C=O) groups is 2. The molecule has 3 rings (SSSR count). The highest BCUT2D eigenvalue weighted by atomic mass is 35.5. The van der Waals surface area contributed by atoms with Gasteiger partial charge in [-0.25, -0.2) is 4.39 Å². The highest BCUT2D eigenvalue weighted by Gasteiger charge is 2.56. The van der Waals surface area contributed by atoms with Crippen molar-refractivity contribution in [2.45, 2.75) is 10.5 Å². The summed E-state index contributed by atoms with van der Waals surface area (Å²) < 4.78 is 10.9. The molecule has 0 radical (unpaired) electrons. The smallest absolute Gasteiger partial charge is 0.269 e. The molecule has 2 amide bonds. The Kier molecular flexibility index (Phi) is 4.22. The molecular formula is C16H9Cl2FN2O4. The molecule has 0 bridgehead atoms. The fraction of sp³-hybridized carbons (Fsp3) is 0.125. The minimum absolute atomic E-state index is 0.0707. The van der Waals surface area contributed by atoms with Gasteiger partial charge in [0.2, 0.25) is 0 Å². The minimum Gasteiger partial charge on any atom is -0.269 e. The van der Waals surface area contributed by atoms with Gasteiger partial charge in [-0.2, -0.15) is 0 Å². The normalized spacial score (nSPS) is 15.2. The lowest BCUT2D eigenvalue weighted by atomic mass is 10.0. The number of rotatable bonds is 4. The maximum absolute atomic E-state index is 13.6. The minimum atomic E-state index is -2.76. The monoisotopic (exact) mass is 382 g/mol. The third kappa shape index (κ3) is 2.75. The first-order valence-electron chi connectivity index (χ1n) is 7.00. The van der Waals surface area contributed by atoms with Gasteiger partial charge in [0.15, 0.2) is 6.04 Å². The van der Waals surface area contributed by atoms with Crippen LogP contribution in [0.3, 0.4) is 0 Å². The summed E-state index contributed by atoms with van der Waals surface area (Å²) in [5.41, 5.74) is 0.0685. The SMILES string of the molecule is O=C1c2ccccc2C(=O)N1C(c1cccc(F)c1)C(Cl)(Cl)[N+](=O)[O-]. The maximum Gasteiger partial charge on any atom is 0.395 e. The lowest BCUT2D eigenvalue weighted by molar-refractivity contribution is -0.523. The van der Waals surface area contributed by atoms with Crippen LogP contribution in [0.25, 0.3) is 0 Å². The summed E-state index contributed by atoms with van der Waals surface area (Å²) in [6, 6.07) is 8.84. The predicted molar refractivity (Wildman–Crippen MR) is 87.5 cm³/mol. The van der Waals surface area contributed by atoms with E-state index in [0.29, 0.717) is 4.90 Å². The summed E-state index contributed by atoms with van der Waals surface area (Å²) in [4.78, 5) is 36.2. The summed E-state index contributed by atoms with van der Waals surface area (Å²) in [5.74, 6) is -2.30. The molecule has 1 unspecified atom stereocenters. The number of carbonyl (C=O) groups excluding carboxylic acids is 2. The van der Waals surface area contributed by atoms with Crippen LogP contribution in [0.15, 0.2) is 48.5 Å². The number of hydrogen-bond acceptors (Lipinski definition) is 4. The number of imide groups is 1. The van der Waals surface area contributed by atoms with Crippen LogP contribution < -0.4 is 0 Å². The molecule has 0 saturated heterocycles. The molecule has 0 fully saturated rings. The number of benzene rings is 2. The number of nitrogens with zero attached hydrogens (tertiary/aromatic N) is 2. The molecule has 0 N–H and O–H groups in total. The van der Waals surface area contributed by atoms with Gasteiger partial charge in [-0.05, 0) is 53.0 Å². The van der Waals surface area contributed by atoms with Crippen LogP contribution >= 0.6 is 23.2 Å². The second kappa shape index (κ2) is 6.09. The Morgan fingerprint density at radius 2 is 1.60 bits per heavy atom. The molecule has 0 aliphatic carbocycles. The average molecular weight is 383 g/mol. The van der Waals surface area contributed by atoms with Crippen molar-refractivity contribution in [3.63, 3.8) is 0 Å². The van der Waals surface area contributed by atoms with E-state index in [0.717, 1.165) is 12.1 Å². The fourth-order valence-electron chi connectivity index (χ4n) is 2.72. The van der Waals surface area contributed by atoms with E-state index in [2.05, 4.69) is 0 Å². The molecule has 1 heterocycles. The van der Waals surface area contributed by atoms with Crippen molar-refractivity contribution in [2.75, 3.05) is 0 Å². The van der Waals surface area contributed by atoms with Crippen molar-refractivity contribution in [3.05, 3.63) is 81.2 Å². The molecule has 128 valence electrons. The standard InChI is InChI=1S/C16H9Cl2FN2O4/c17-16(18,21(24)25)13(9-4-3-5-10(19)8-9)20-14(22)11-6-1-2-7-12(11)15(20)23/h1-8,13H. The van der Waals surface area contributed by atoms with Crippen LogP contribution in [0.5, 0.6) is 0 Å². The van der Waals surface area contributed by atoms with Gasteiger partial charge in [-0.3, -0.25) is 24.6 Å². The van der Waals surface area contributed by atoms with Gasteiger partial charge in [0.25, 0.3) is 11.8 Å². The van der Waals surface area contributed by atoms with Gasteiger partial charge in [0, 0.05) is 0 Å². The van der Waals surface area contributed by atoms with Gasteiger partial charge >= 0.3 is 4.46 Å². The Bertz CT molecular complexity index is 868. The van der Waals surface area contributed by atoms with Crippen LogP contribution in [0.2, 0.25) is 0 Å². The summed E-state index contributed by atoms with van der Waals surface area (Å²) in [7, 11) is 0. The van der Waals surface area contributed by atoms with E-state index in [1.165, 1.54) is 24.3 Å². The lowest BCUT2D eigenvalue weighted by Gasteiger charge is -2.29. The van der Waals surface area contributed by atoms with E-state index in [1.807, 2.05) is 0 Å². The molecule has 2 aromatic carbocycles. The Balaban J connectivity index is 2.19. The second-order valence-corrected chi connectivity index (χ2v) is 6.67. The third-order valence-corrected chi connectivity index (χ3v) is 4.51. The largest absolute Gasteiger partial charge is 0.395 e. The molecule has 1 aliphatic rings. The number of amides is 2. The molecule has 25 heavy (non-hydrogen) atoms.